The minimum atomic E-state index is -4.10. The van der Waals surface area contributed by atoms with E-state index in [1.165, 1.54) is 0 Å². The Morgan fingerprint density at radius 3 is 2.27 bits per heavy atom. The molecule has 4 heteroatoms. The summed E-state index contributed by atoms with van der Waals surface area (Å²) in [5.74, 6) is 0. The van der Waals surface area contributed by atoms with Gasteiger partial charge in [0.15, 0.2) is 0 Å². The molecule has 1 atom stereocenters. The minimum Gasteiger partial charge on any atom is -0.327 e. The predicted molar refractivity (Wildman–Crippen MR) is 53.4 cm³/mol. The van der Waals surface area contributed by atoms with E-state index in [0.717, 1.165) is 5.56 Å². The summed E-state index contributed by atoms with van der Waals surface area (Å²) in [6.07, 6.45) is -4.43. The van der Waals surface area contributed by atoms with Gasteiger partial charge >= 0.3 is 6.18 Å². The predicted octanol–water partition coefficient (Wildman–Crippen LogP) is 2.90. The van der Waals surface area contributed by atoms with Gasteiger partial charge < -0.3 is 5.73 Å². The summed E-state index contributed by atoms with van der Waals surface area (Å²) >= 11 is 0. The minimum absolute atomic E-state index is 0.0155. The molecule has 0 aliphatic carbocycles. The summed E-state index contributed by atoms with van der Waals surface area (Å²) in [6, 6.07) is 8.89. The van der Waals surface area contributed by atoms with Crippen molar-refractivity contribution in [3.63, 3.8) is 0 Å². The van der Waals surface area contributed by atoms with Crippen LogP contribution >= 0.6 is 0 Å². The normalized spacial score (nSPS) is 13.9. The average Bonchev–Trinajstić information content (AvgIpc) is 2.15. The number of nitrogens with two attached hydrogens (primary N) is 1. The first kappa shape index (κ1) is 12.0. The standard InChI is InChI=1S/C11H14F3N/c12-11(13,14)7-6-10(15)8-9-4-2-1-3-5-9/h1-5,10H,6-8,15H2. The van der Waals surface area contributed by atoms with Crippen LogP contribution in [0, 0.1) is 0 Å². The third kappa shape index (κ3) is 5.42. The van der Waals surface area contributed by atoms with E-state index < -0.39 is 18.6 Å². The molecule has 0 spiro atoms. The molecule has 1 unspecified atom stereocenters. The fourth-order valence-corrected chi connectivity index (χ4v) is 1.37. The molecule has 1 nitrogen and oxygen atoms in total. The second-order valence-corrected chi connectivity index (χ2v) is 3.60. The van der Waals surface area contributed by atoms with Gasteiger partial charge in [0.1, 0.15) is 0 Å². The molecule has 1 aromatic carbocycles. The lowest BCUT2D eigenvalue weighted by atomic mass is 10.0. The Bertz CT molecular complexity index is 282. The van der Waals surface area contributed by atoms with Crippen molar-refractivity contribution < 1.29 is 13.2 Å². The molecule has 1 rings (SSSR count). The highest BCUT2D eigenvalue weighted by molar-refractivity contribution is 5.15. The van der Waals surface area contributed by atoms with E-state index in [4.69, 9.17) is 5.73 Å². The Morgan fingerprint density at radius 2 is 1.73 bits per heavy atom. The first-order valence-electron chi connectivity index (χ1n) is 4.83. The van der Waals surface area contributed by atoms with Gasteiger partial charge in [-0.15, -0.1) is 0 Å². The first-order chi connectivity index (χ1) is 6.97. The molecule has 0 bridgehead atoms. The summed E-state index contributed by atoms with van der Waals surface area (Å²) in [4.78, 5) is 0. The molecule has 1 aromatic rings. The smallest absolute Gasteiger partial charge is 0.327 e. The molecular formula is C11H14F3N. The van der Waals surface area contributed by atoms with Crippen molar-refractivity contribution in [2.75, 3.05) is 0 Å². The Kier molecular flexibility index (Phi) is 4.15. The Hall–Kier alpha value is -1.03. The van der Waals surface area contributed by atoms with Gasteiger partial charge in [0, 0.05) is 12.5 Å². The molecule has 0 aliphatic heterocycles. The number of hydrogen-bond acceptors (Lipinski definition) is 1. The zero-order valence-electron chi connectivity index (χ0n) is 8.30. The highest BCUT2D eigenvalue weighted by Gasteiger charge is 2.27. The summed E-state index contributed by atoms with van der Waals surface area (Å²) in [7, 11) is 0. The molecule has 15 heavy (non-hydrogen) atoms. The third-order valence-corrected chi connectivity index (χ3v) is 2.14. The molecule has 0 aromatic heterocycles. The molecule has 0 heterocycles. The number of rotatable bonds is 4. The van der Waals surface area contributed by atoms with Gasteiger partial charge in [0.05, 0.1) is 0 Å². The van der Waals surface area contributed by atoms with Gasteiger partial charge in [0.25, 0.3) is 0 Å². The number of alkyl halides is 3. The van der Waals surface area contributed by atoms with E-state index in [1.807, 2.05) is 30.3 Å². The van der Waals surface area contributed by atoms with Crippen molar-refractivity contribution in [1.82, 2.24) is 0 Å². The quantitative estimate of drug-likeness (QED) is 0.824. The lowest BCUT2D eigenvalue weighted by Gasteiger charge is -2.12. The van der Waals surface area contributed by atoms with Gasteiger partial charge in [-0.2, -0.15) is 13.2 Å². The molecular weight excluding hydrogens is 203 g/mol. The molecule has 0 radical (unpaired) electrons. The van der Waals surface area contributed by atoms with Crippen LogP contribution in [0.15, 0.2) is 30.3 Å². The molecule has 0 fully saturated rings. The van der Waals surface area contributed by atoms with E-state index in [2.05, 4.69) is 0 Å². The van der Waals surface area contributed by atoms with E-state index >= 15 is 0 Å². The van der Waals surface area contributed by atoms with Crippen LogP contribution in [0.3, 0.4) is 0 Å². The average molecular weight is 217 g/mol. The highest BCUT2D eigenvalue weighted by Crippen LogP contribution is 2.22. The molecule has 0 aliphatic rings. The number of halogens is 3. The largest absolute Gasteiger partial charge is 0.389 e. The zero-order chi connectivity index (χ0) is 11.3. The number of benzene rings is 1. The maximum absolute atomic E-state index is 11.9. The van der Waals surface area contributed by atoms with Crippen LogP contribution in [0.1, 0.15) is 18.4 Å². The van der Waals surface area contributed by atoms with Crippen molar-refractivity contribution in [2.24, 2.45) is 5.73 Å². The summed E-state index contributed by atoms with van der Waals surface area (Å²) in [6.45, 7) is 0. The zero-order valence-corrected chi connectivity index (χ0v) is 8.30. The van der Waals surface area contributed by atoms with E-state index in [-0.39, 0.29) is 6.42 Å². The van der Waals surface area contributed by atoms with Crippen LogP contribution in [0.2, 0.25) is 0 Å². The lowest BCUT2D eigenvalue weighted by Crippen LogP contribution is -2.25. The second-order valence-electron chi connectivity index (χ2n) is 3.60. The molecule has 84 valence electrons. The lowest BCUT2D eigenvalue weighted by molar-refractivity contribution is -0.136. The SMILES string of the molecule is NC(CCC(F)(F)F)Cc1ccccc1. The van der Waals surface area contributed by atoms with E-state index in [0.29, 0.717) is 6.42 Å². The molecule has 0 saturated carbocycles. The summed E-state index contributed by atoms with van der Waals surface area (Å²) in [5, 5.41) is 0. The van der Waals surface area contributed by atoms with Gasteiger partial charge in [-0.05, 0) is 18.4 Å². The monoisotopic (exact) mass is 217 g/mol. The fourth-order valence-electron chi connectivity index (χ4n) is 1.37. The molecule has 0 saturated heterocycles. The highest BCUT2D eigenvalue weighted by atomic mass is 19.4. The van der Waals surface area contributed by atoms with Crippen molar-refractivity contribution in [3.8, 4) is 0 Å². The fraction of sp³-hybridized carbons (Fsp3) is 0.455. The Labute approximate surface area is 87.1 Å². The van der Waals surface area contributed by atoms with Crippen LogP contribution in [0.25, 0.3) is 0 Å². The maximum atomic E-state index is 11.9. The van der Waals surface area contributed by atoms with Crippen LogP contribution in [-0.2, 0) is 6.42 Å². The van der Waals surface area contributed by atoms with Crippen molar-refractivity contribution in [2.45, 2.75) is 31.5 Å². The second kappa shape index (κ2) is 5.16. The van der Waals surface area contributed by atoms with E-state index in [9.17, 15) is 13.2 Å². The summed E-state index contributed by atoms with van der Waals surface area (Å²) < 4.78 is 35.7. The van der Waals surface area contributed by atoms with Crippen LogP contribution in [-0.4, -0.2) is 12.2 Å². The van der Waals surface area contributed by atoms with Crippen molar-refractivity contribution in [1.29, 1.82) is 0 Å². The van der Waals surface area contributed by atoms with Crippen molar-refractivity contribution >= 4 is 0 Å². The topological polar surface area (TPSA) is 26.0 Å². The van der Waals surface area contributed by atoms with Crippen LogP contribution < -0.4 is 5.73 Å². The van der Waals surface area contributed by atoms with Gasteiger partial charge in [-0.1, -0.05) is 30.3 Å². The third-order valence-electron chi connectivity index (χ3n) is 2.14. The first-order valence-corrected chi connectivity index (χ1v) is 4.83. The Balaban J connectivity index is 2.34. The summed E-state index contributed by atoms with van der Waals surface area (Å²) in [5.41, 5.74) is 6.59. The molecule has 2 N–H and O–H groups in total. The van der Waals surface area contributed by atoms with Crippen LogP contribution in [0.4, 0.5) is 13.2 Å². The van der Waals surface area contributed by atoms with Crippen molar-refractivity contribution in [3.05, 3.63) is 35.9 Å². The maximum Gasteiger partial charge on any atom is 0.389 e. The molecule has 0 amide bonds. The number of hydrogen-bond donors (Lipinski definition) is 1. The van der Waals surface area contributed by atoms with E-state index in [1.54, 1.807) is 0 Å². The Morgan fingerprint density at radius 1 is 1.13 bits per heavy atom. The van der Waals surface area contributed by atoms with Gasteiger partial charge in [-0.3, -0.25) is 0 Å². The van der Waals surface area contributed by atoms with Crippen LogP contribution in [0.5, 0.6) is 0 Å². The van der Waals surface area contributed by atoms with Gasteiger partial charge in [0.2, 0.25) is 0 Å². The van der Waals surface area contributed by atoms with Gasteiger partial charge in [-0.25, -0.2) is 0 Å².